The number of fused-ring (bicyclic) bond motifs is 1. The minimum atomic E-state index is 1.05. The molecule has 3 nitrogen and oxygen atoms in total. The Kier molecular flexibility index (Phi) is 14.4. The van der Waals surface area contributed by atoms with Crippen molar-refractivity contribution in [3.63, 3.8) is 0 Å². The fraction of sp³-hybridized carbons (Fsp3) is 0.278. The maximum absolute atomic E-state index is 4.50. The number of hydrogen-bond acceptors (Lipinski definition) is 2. The highest BCUT2D eigenvalue weighted by Gasteiger charge is 2.03. The number of nitrogens with two attached hydrogens (primary N) is 1. The van der Waals surface area contributed by atoms with E-state index in [0.29, 0.717) is 0 Å². The summed E-state index contributed by atoms with van der Waals surface area (Å²) in [5, 5.41) is 1.21. The van der Waals surface area contributed by atoms with Gasteiger partial charge in [-0.15, -0.1) is 0 Å². The number of aromatic nitrogens is 2. The molecule has 0 spiro atoms. The second-order valence-electron chi connectivity index (χ2n) is 3.54. The highest BCUT2D eigenvalue weighted by molar-refractivity contribution is 5.88. The van der Waals surface area contributed by atoms with E-state index < -0.39 is 0 Å². The first-order valence-corrected chi connectivity index (χ1v) is 7.11. The molecule has 0 saturated heterocycles. The van der Waals surface area contributed by atoms with Crippen LogP contribution in [0.25, 0.3) is 16.5 Å². The normalized spacial score (nSPS) is 9.14. The van der Waals surface area contributed by atoms with E-state index in [1.165, 1.54) is 18.0 Å². The molecule has 0 bridgehead atoms. The lowest BCUT2D eigenvalue weighted by Crippen LogP contribution is -1.86. The molecular formula is C18H29N3. The van der Waals surface area contributed by atoms with Crippen LogP contribution >= 0.6 is 0 Å². The van der Waals surface area contributed by atoms with Gasteiger partial charge >= 0.3 is 0 Å². The fourth-order valence-electron chi connectivity index (χ4n) is 1.42. The summed E-state index contributed by atoms with van der Waals surface area (Å²) in [6.45, 7) is 14.8. The van der Waals surface area contributed by atoms with Crippen LogP contribution in [0.2, 0.25) is 0 Å². The fourth-order valence-corrected chi connectivity index (χ4v) is 1.42. The Morgan fingerprint density at radius 3 is 2.24 bits per heavy atom. The van der Waals surface area contributed by atoms with Gasteiger partial charge in [0.05, 0.1) is 11.2 Å². The van der Waals surface area contributed by atoms with Crippen molar-refractivity contribution in [3.05, 3.63) is 61.6 Å². The van der Waals surface area contributed by atoms with Crippen LogP contribution in [-0.4, -0.2) is 17.0 Å². The molecule has 3 heteroatoms. The minimum Gasteiger partial charge on any atom is -0.359 e. The van der Waals surface area contributed by atoms with Gasteiger partial charge in [-0.05, 0) is 38.6 Å². The summed E-state index contributed by atoms with van der Waals surface area (Å²) >= 11 is 0. The Hall–Kier alpha value is -2.13. The van der Waals surface area contributed by atoms with Crippen molar-refractivity contribution in [2.75, 3.05) is 7.05 Å². The van der Waals surface area contributed by atoms with Gasteiger partial charge in [-0.25, -0.2) is 0 Å². The second kappa shape index (κ2) is 14.3. The molecule has 0 aliphatic carbocycles. The quantitative estimate of drug-likeness (QED) is 0.768. The van der Waals surface area contributed by atoms with E-state index in [2.05, 4.69) is 47.9 Å². The van der Waals surface area contributed by atoms with Crippen molar-refractivity contribution < 1.29 is 0 Å². The summed E-state index contributed by atoms with van der Waals surface area (Å²) in [5.74, 6) is 0. The minimum absolute atomic E-state index is 1.05. The second-order valence-corrected chi connectivity index (χ2v) is 3.54. The molecule has 116 valence electrons. The maximum Gasteiger partial charge on any atom is 0.0896 e. The SMILES string of the molecule is C/C=C(\C)c1nccc2cc[nH]c12.C=CC=C.CC.CN. The molecule has 2 heterocycles. The Morgan fingerprint density at radius 2 is 1.76 bits per heavy atom. The van der Waals surface area contributed by atoms with Gasteiger partial charge in [0.1, 0.15) is 0 Å². The predicted molar refractivity (Wildman–Crippen MR) is 97.3 cm³/mol. The zero-order valence-corrected chi connectivity index (χ0v) is 14.0. The third-order valence-electron chi connectivity index (χ3n) is 2.45. The van der Waals surface area contributed by atoms with Crippen molar-refractivity contribution in [3.8, 4) is 0 Å². The summed E-state index contributed by atoms with van der Waals surface area (Å²) in [5.41, 5.74) is 7.87. The van der Waals surface area contributed by atoms with Crippen molar-refractivity contribution in [1.82, 2.24) is 9.97 Å². The predicted octanol–water partition coefficient (Wildman–Crippen LogP) is 4.95. The average Bonchev–Trinajstić information content (AvgIpc) is 3.06. The number of H-pyrrole nitrogens is 1. The van der Waals surface area contributed by atoms with Gasteiger partial charge in [0.25, 0.3) is 0 Å². The molecule has 0 unspecified atom stereocenters. The monoisotopic (exact) mass is 287 g/mol. The first-order chi connectivity index (χ1) is 10.2. The highest BCUT2D eigenvalue weighted by atomic mass is 14.8. The topological polar surface area (TPSA) is 54.7 Å². The smallest absolute Gasteiger partial charge is 0.0896 e. The third-order valence-corrected chi connectivity index (χ3v) is 2.45. The Balaban J connectivity index is 0. The Bertz CT molecular complexity index is 530. The number of pyridine rings is 1. The van der Waals surface area contributed by atoms with Gasteiger partial charge in [0.2, 0.25) is 0 Å². The van der Waals surface area contributed by atoms with Crippen LogP contribution < -0.4 is 5.73 Å². The Morgan fingerprint density at radius 1 is 1.19 bits per heavy atom. The summed E-state index contributed by atoms with van der Waals surface area (Å²) in [7, 11) is 1.50. The standard InChI is InChI=1S/C11H12N2.C4H6.C2H6.CH5N/c1-3-8(2)10-11-9(4-6-12-10)5-7-13-11;1-3-4-2;2*1-2/h3-7,13H,1-2H3;3-4H,1-2H2;1-2H3;2H2,1H3/b8-3+;;;. The first kappa shape index (κ1) is 21.2. The highest BCUT2D eigenvalue weighted by Crippen LogP contribution is 2.20. The number of aromatic amines is 1. The molecule has 0 aromatic carbocycles. The number of allylic oxidation sites excluding steroid dienone is 4. The summed E-state index contributed by atoms with van der Waals surface area (Å²) < 4.78 is 0. The average molecular weight is 287 g/mol. The van der Waals surface area contributed by atoms with E-state index in [1.807, 2.05) is 39.2 Å². The van der Waals surface area contributed by atoms with E-state index in [9.17, 15) is 0 Å². The molecular weight excluding hydrogens is 258 g/mol. The van der Waals surface area contributed by atoms with Gasteiger partial charge in [-0.2, -0.15) is 0 Å². The number of nitrogens with zero attached hydrogens (tertiary/aromatic N) is 1. The van der Waals surface area contributed by atoms with E-state index in [4.69, 9.17) is 0 Å². The molecule has 2 aromatic rings. The van der Waals surface area contributed by atoms with Crippen LogP contribution in [0.1, 0.15) is 33.4 Å². The first-order valence-electron chi connectivity index (χ1n) is 7.11. The molecule has 0 atom stereocenters. The van der Waals surface area contributed by atoms with Crippen LogP contribution in [0.15, 0.2) is 55.9 Å². The van der Waals surface area contributed by atoms with E-state index in [-0.39, 0.29) is 0 Å². The van der Waals surface area contributed by atoms with Crippen LogP contribution in [0, 0.1) is 0 Å². The zero-order valence-electron chi connectivity index (χ0n) is 14.0. The van der Waals surface area contributed by atoms with Crippen molar-refractivity contribution in [2.45, 2.75) is 27.7 Å². The van der Waals surface area contributed by atoms with Gasteiger partial charge < -0.3 is 10.7 Å². The van der Waals surface area contributed by atoms with Crippen molar-refractivity contribution >= 4 is 16.5 Å². The van der Waals surface area contributed by atoms with Gasteiger partial charge in [-0.1, -0.05) is 45.2 Å². The third kappa shape index (κ3) is 7.28. The molecule has 2 rings (SSSR count). The van der Waals surface area contributed by atoms with Crippen molar-refractivity contribution in [1.29, 1.82) is 0 Å². The molecule has 2 aromatic heterocycles. The number of nitrogens with one attached hydrogen (secondary N) is 1. The molecule has 3 N–H and O–H groups in total. The summed E-state index contributed by atoms with van der Waals surface area (Å²) in [6, 6.07) is 4.07. The molecule has 0 aliphatic rings. The molecule has 0 aliphatic heterocycles. The molecule has 0 fully saturated rings. The molecule has 0 radical (unpaired) electrons. The number of rotatable bonds is 2. The summed E-state index contributed by atoms with van der Waals surface area (Å²) in [4.78, 5) is 7.55. The van der Waals surface area contributed by atoms with E-state index in [0.717, 1.165) is 11.2 Å². The van der Waals surface area contributed by atoms with Gasteiger partial charge in [0.15, 0.2) is 0 Å². The van der Waals surface area contributed by atoms with Gasteiger partial charge in [0, 0.05) is 17.8 Å². The molecule has 0 amide bonds. The largest absolute Gasteiger partial charge is 0.359 e. The summed E-state index contributed by atoms with van der Waals surface area (Å²) in [6.07, 6.45) is 9.14. The van der Waals surface area contributed by atoms with Crippen molar-refractivity contribution in [2.24, 2.45) is 5.73 Å². The lowest BCUT2D eigenvalue weighted by molar-refractivity contribution is 1.28. The van der Waals surface area contributed by atoms with E-state index in [1.54, 1.807) is 12.2 Å². The van der Waals surface area contributed by atoms with Crippen LogP contribution in [0.3, 0.4) is 0 Å². The molecule has 0 saturated carbocycles. The van der Waals surface area contributed by atoms with Crippen LogP contribution in [0.5, 0.6) is 0 Å². The van der Waals surface area contributed by atoms with Crippen LogP contribution in [-0.2, 0) is 0 Å². The van der Waals surface area contributed by atoms with E-state index >= 15 is 0 Å². The lowest BCUT2D eigenvalue weighted by atomic mass is 10.1. The van der Waals surface area contributed by atoms with Gasteiger partial charge in [-0.3, -0.25) is 4.98 Å². The zero-order chi connectivity index (χ0) is 16.7. The lowest BCUT2D eigenvalue weighted by Gasteiger charge is -2.00. The van der Waals surface area contributed by atoms with Crippen LogP contribution in [0.4, 0.5) is 0 Å². The Labute approximate surface area is 129 Å². The number of hydrogen-bond donors (Lipinski definition) is 2. The maximum atomic E-state index is 4.50. The molecule has 21 heavy (non-hydrogen) atoms.